The van der Waals surface area contributed by atoms with Gasteiger partial charge in [-0.25, -0.2) is 0 Å². The zero-order valence-corrected chi connectivity index (χ0v) is 11.3. The van der Waals surface area contributed by atoms with E-state index in [1.165, 1.54) is 51.7 Å². The molecule has 0 N–H and O–H groups in total. The maximum absolute atomic E-state index is 11.2. The van der Waals surface area contributed by atoms with Gasteiger partial charge in [0.25, 0.3) is 0 Å². The normalized spacial score (nSPS) is 23.4. The van der Waals surface area contributed by atoms with Crippen LogP contribution >= 0.6 is 0 Å². The lowest BCUT2D eigenvalue weighted by Crippen LogP contribution is -2.41. The highest BCUT2D eigenvalue weighted by Crippen LogP contribution is 2.28. The molecule has 98 valence electrons. The molecule has 3 heteroatoms. The molecule has 1 amide bonds. The Morgan fingerprint density at radius 1 is 1.18 bits per heavy atom. The Kier molecular flexibility index (Phi) is 4.43. The quantitative estimate of drug-likeness (QED) is 0.747. The summed E-state index contributed by atoms with van der Waals surface area (Å²) in [4.78, 5) is 15.7. The van der Waals surface area contributed by atoms with Gasteiger partial charge in [0.1, 0.15) is 0 Å². The van der Waals surface area contributed by atoms with Crippen molar-refractivity contribution in [3.8, 4) is 0 Å². The first-order valence-electron chi connectivity index (χ1n) is 7.09. The van der Waals surface area contributed by atoms with Crippen molar-refractivity contribution in [1.82, 2.24) is 9.80 Å². The van der Waals surface area contributed by atoms with Gasteiger partial charge >= 0.3 is 0 Å². The number of hydrogen-bond acceptors (Lipinski definition) is 2. The summed E-state index contributed by atoms with van der Waals surface area (Å²) in [5.41, 5.74) is 0. The molecule has 1 heterocycles. The molecule has 2 fully saturated rings. The molecule has 0 aromatic heterocycles. The number of likely N-dealkylation sites (tertiary alicyclic amines) is 1. The van der Waals surface area contributed by atoms with Gasteiger partial charge in [0.2, 0.25) is 5.91 Å². The summed E-state index contributed by atoms with van der Waals surface area (Å²) in [5, 5.41) is 0. The van der Waals surface area contributed by atoms with Gasteiger partial charge in [0.05, 0.1) is 0 Å². The Balaban J connectivity index is 1.64. The van der Waals surface area contributed by atoms with Gasteiger partial charge in [-0.1, -0.05) is 6.42 Å². The van der Waals surface area contributed by atoms with Crippen molar-refractivity contribution in [2.75, 3.05) is 33.2 Å². The van der Waals surface area contributed by atoms with Crippen molar-refractivity contribution < 1.29 is 4.79 Å². The predicted octanol–water partition coefficient (Wildman–Crippen LogP) is 1.98. The fourth-order valence-corrected chi connectivity index (χ4v) is 2.91. The number of amides is 1. The molecule has 17 heavy (non-hydrogen) atoms. The van der Waals surface area contributed by atoms with Crippen LogP contribution in [0, 0.1) is 11.8 Å². The minimum absolute atomic E-state index is 0.196. The largest absolute Gasteiger partial charge is 0.346 e. The van der Waals surface area contributed by atoms with Crippen LogP contribution in [0.2, 0.25) is 0 Å². The first kappa shape index (κ1) is 12.9. The average Bonchev–Trinajstić information content (AvgIpc) is 2.25. The number of hydrogen-bond donors (Lipinski definition) is 0. The van der Waals surface area contributed by atoms with E-state index in [1.807, 2.05) is 11.9 Å². The Morgan fingerprint density at radius 3 is 2.29 bits per heavy atom. The van der Waals surface area contributed by atoms with Gasteiger partial charge in [0, 0.05) is 27.1 Å². The van der Waals surface area contributed by atoms with Crippen molar-refractivity contribution in [2.45, 2.75) is 39.0 Å². The van der Waals surface area contributed by atoms with Crippen LogP contribution in [0.25, 0.3) is 0 Å². The van der Waals surface area contributed by atoms with Gasteiger partial charge in [-0.3, -0.25) is 4.79 Å². The van der Waals surface area contributed by atoms with Crippen molar-refractivity contribution >= 4 is 5.91 Å². The van der Waals surface area contributed by atoms with Crippen LogP contribution in [-0.2, 0) is 4.79 Å². The molecule has 0 unspecified atom stereocenters. The SMILES string of the molecule is CC(=O)N(C)CC1CCN(CC2CCC2)CC1. The summed E-state index contributed by atoms with van der Waals surface area (Å²) >= 11 is 0. The summed E-state index contributed by atoms with van der Waals surface area (Å²) in [7, 11) is 1.92. The molecule has 0 radical (unpaired) electrons. The summed E-state index contributed by atoms with van der Waals surface area (Å²) in [6.45, 7) is 6.42. The van der Waals surface area contributed by atoms with Crippen molar-refractivity contribution in [2.24, 2.45) is 11.8 Å². The lowest BCUT2D eigenvalue weighted by Gasteiger charge is -2.37. The zero-order valence-electron chi connectivity index (χ0n) is 11.3. The molecule has 0 atom stereocenters. The molecule has 0 spiro atoms. The van der Waals surface area contributed by atoms with Gasteiger partial charge in [-0.15, -0.1) is 0 Å². The maximum Gasteiger partial charge on any atom is 0.219 e. The smallest absolute Gasteiger partial charge is 0.219 e. The highest BCUT2D eigenvalue weighted by Gasteiger charge is 2.25. The first-order valence-corrected chi connectivity index (χ1v) is 7.09. The van der Waals surface area contributed by atoms with E-state index < -0.39 is 0 Å². The van der Waals surface area contributed by atoms with Crippen LogP contribution in [0.5, 0.6) is 0 Å². The standard InChI is InChI=1S/C14H26N2O/c1-12(17)15(2)10-14-6-8-16(9-7-14)11-13-4-3-5-13/h13-14H,3-11H2,1-2H3. The number of rotatable bonds is 4. The van der Waals surface area contributed by atoms with Crippen molar-refractivity contribution in [3.05, 3.63) is 0 Å². The summed E-state index contributed by atoms with van der Waals surface area (Å²) in [6, 6.07) is 0. The van der Waals surface area contributed by atoms with Gasteiger partial charge < -0.3 is 9.80 Å². The minimum atomic E-state index is 0.196. The molecule has 2 aliphatic rings. The molecule has 0 aromatic carbocycles. The van der Waals surface area contributed by atoms with E-state index in [1.54, 1.807) is 6.92 Å². The Hall–Kier alpha value is -0.570. The Labute approximate surface area is 105 Å². The molecule has 3 nitrogen and oxygen atoms in total. The predicted molar refractivity (Wildman–Crippen MR) is 69.8 cm³/mol. The maximum atomic E-state index is 11.2. The fourth-order valence-electron chi connectivity index (χ4n) is 2.91. The van der Waals surface area contributed by atoms with Crippen molar-refractivity contribution in [3.63, 3.8) is 0 Å². The second kappa shape index (κ2) is 5.85. The minimum Gasteiger partial charge on any atom is -0.346 e. The molecule has 0 aromatic rings. The topological polar surface area (TPSA) is 23.6 Å². The lowest BCUT2D eigenvalue weighted by atomic mass is 9.84. The summed E-state index contributed by atoms with van der Waals surface area (Å²) in [6.07, 6.45) is 6.89. The van der Waals surface area contributed by atoms with Crippen molar-refractivity contribution in [1.29, 1.82) is 0 Å². The van der Waals surface area contributed by atoms with E-state index in [0.717, 1.165) is 18.4 Å². The summed E-state index contributed by atoms with van der Waals surface area (Å²) in [5.74, 6) is 1.91. The molecular formula is C14H26N2O. The second-order valence-electron chi connectivity index (χ2n) is 5.94. The third kappa shape index (κ3) is 3.70. The second-order valence-corrected chi connectivity index (χ2v) is 5.94. The van der Waals surface area contributed by atoms with Crippen LogP contribution in [0.4, 0.5) is 0 Å². The van der Waals surface area contributed by atoms with Crippen LogP contribution in [0.3, 0.4) is 0 Å². The van der Waals surface area contributed by atoms with Gasteiger partial charge in [-0.05, 0) is 50.6 Å². The van der Waals surface area contributed by atoms with Crippen LogP contribution in [0.15, 0.2) is 0 Å². The highest BCUT2D eigenvalue weighted by molar-refractivity contribution is 5.72. The Bertz CT molecular complexity index is 255. The van der Waals surface area contributed by atoms with Crippen LogP contribution in [-0.4, -0.2) is 48.9 Å². The van der Waals surface area contributed by atoms with Gasteiger partial charge in [-0.2, -0.15) is 0 Å². The fraction of sp³-hybridized carbons (Fsp3) is 0.929. The number of carbonyl (C=O) groups excluding carboxylic acids is 1. The van der Waals surface area contributed by atoms with E-state index in [9.17, 15) is 4.79 Å². The summed E-state index contributed by atoms with van der Waals surface area (Å²) < 4.78 is 0. The number of piperidine rings is 1. The van der Waals surface area contributed by atoms with E-state index >= 15 is 0 Å². The van der Waals surface area contributed by atoms with E-state index in [4.69, 9.17) is 0 Å². The molecule has 2 rings (SSSR count). The van der Waals surface area contributed by atoms with Gasteiger partial charge in [0.15, 0.2) is 0 Å². The average molecular weight is 238 g/mol. The molecule has 1 aliphatic heterocycles. The zero-order chi connectivity index (χ0) is 12.3. The van der Waals surface area contributed by atoms with Crippen LogP contribution in [0.1, 0.15) is 39.0 Å². The van der Waals surface area contributed by atoms with E-state index in [2.05, 4.69) is 4.90 Å². The highest BCUT2D eigenvalue weighted by atomic mass is 16.2. The Morgan fingerprint density at radius 2 is 1.82 bits per heavy atom. The van der Waals surface area contributed by atoms with E-state index in [0.29, 0.717) is 0 Å². The third-order valence-corrected chi connectivity index (χ3v) is 4.52. The monoisotopic (exact) mass is 238 g/mol. The number of carbonyl (C=O) groups is 1. The van der Waals surface area contributed by atoms with E-state index in [-0.39, 0.29) is 5.91 Å². The molecular weight excluding hydrogens is 212 g/mol. The molecule has 1 saturated carbocycles. The molecule has 1 aliphatic carbocycles. The third-order valence-electron chi connectivity index (χ3n) is 4.52. The number of nitrogens with zero attached hydrogens (tertiary/aromatic N) is 2. The molecule has 1 saturated heterocycles. The lowest BCUT2D eigenvalue weighted by molar-refractivity contribution is -0.128. The van der Waals surface area contributed by atoms with Crippen LogP contribution < -0.4 is 0 Å². The first-order chi connectivity index (χ1) is 8.15. The molecule has 0 bridgehead atoms.